The number of aryl methyl sites for hydroxylation is 3. The number of pyridine rings is 1. The van der Waals surface area contributed by atoms with E-state index in [2.05, 4.69) is 19.9 Å². The second kappa shape index (κ2) is 33.0. The van der Waals surface area contributed by atoms with E-state index in [4.69, 9.17) is 0 Å². The summed E-state index contributed by atoms with van der Waals surface area (Å²) >= 11 is 0. The van der Waals surface area contributed by atoms with E-state index in [1.807, 2.05) is 131 Å². The van der Waals surface area contributed by atoms with Crippen molar-refractivity contribution in [2.24, 2.45) is 0 Å². The number of aromatic nitrogens is 4. The van der Waals surface area contributed by atoms with Gasteiger partial charge in [-0.15, -0.1) is 0 Å². The smallest absolute Gasteiger partial charge is 0.129 e. The van der Waals surface area contributed by atoms with Crippen LogP contribution in [0.15, 0.2) is 67.0 Å². The zero-order chi connectivity index (χ0) is 23.3. The van der Waals surface area contributed by atoms with Crippen molar-refractivity contribution in [1.29, 1.82) is 0 Å². The Labute approximate surface area is 180 Å². The Bertz CT molecular complexity index is 464. The van der Waals surface area contributed by atoms with Crippen LogP contribution in [0.4, 0.5) is 0 Å². The van der Waals surface area contributed by atoms with E-state index in [1.165, 1.54) is 0 Å². The fourth-order valence-electron chi connectivity index (χ4n) is 1.47. The van der Waals surface area contributed by atoms with Gasteiger partial charge in [0.1, 0.15) is 17.5 Å². The summed E-state index contributed by atoms with van der Waals surface area (Å²) in [7, 11) is 0. The first-order valence-electron chi connectivity index (χ1n) is 10.7. The highest BCUT2D eigenvalue weighted by Gasteiger charge is 1.91. The molecule has 0 aliphatic heterocycles. The van der Waals surface area contributed by atoms with Gasteiger partial charge in [0.15, 0.2) is 0 Å². The largest absolute Gasteiger partial charge is 0.265 e. The highest BCUT2D eigenvalue weighted by atomic mass is 15.0. The number of hydrogen-bond donors (Lipinski definition) is 0. The zero-order valence-electron chi connectivity index (χ0n) is 20.6. The van der Waals surface area contributed by atoms with Crippen LogP contribution >= 0.6 is 0 Å². The van der Waals surface area contributed by atoms with Gasteiger partial charge in [-0.05, 0) is 32.9 Å². The molecule has 0 fully saturated rings. The van der Waals surface area contributed by atoms with Gasteiger partial charge in [-0.3, -0.25) is 4.98 Å². The van der Waals surface area contributed by atoms with E-state index in [0.717, 1.165) is 17.5 Å². The van der Waals surface area contributed by atoms with Gasteiger partial charge in [0.2, 0.25) is 0 Å². The quantitative estimate of drug-likeness (QED) is 0.388. The fraction of sp³-hybridized carbons (Fsp3) is 0.440. The van der Waals surface area contributed by atoms with Crippen molar-refractivity contribution in [2.45, 2.75) is 76.2 Å². The van der Waals surface area contributed by atoms with Crippen molar-refractivity contribution in [3.63, 3.8) is 0 Å². The number of rotatable bonds is 0. The lowest BCUT2D eigenvalue weighted by molar-refractivity contribution is 0.875. The molecule has 0 saturated heterocycles. The molecule has 2 heterocycles. The SMILES string of the molecule is CC.CC.CC.CC.Cc1nc(C)nc(C)n1.c1ccccc1.c1ccncc1. The summed E-state index contributed by atoms with van der Waals surface area (Å²) in [5.41, 5.74) is 0. The van der Waals surface area contributed by atoms with E-state index in [9.17, 15) is 0 Å². The molecule has 0 amide bonds. The molecule has 0 unspecified atom stereocenters. The third-order valence-electron chi connectivity index (χ3n) is 2.20. The molecule has 4 heteroatoms. The van der Waals surface area contributed by atoms with Crippen molar-refractivity contribution >= 4 is 0 Å². The Morgan fingerprint density at radius 1 is 0.379 bits per heavy atom. The molecular weight excluding hydrogens is 356 g/mol. The van der Waals surface area contributed by atoms with E-state index in [-0.39, 0.29) is 0 Å². The molecular formula is C25H44N4. The predicted octanol–water partition coefficient (Wildman–Crippen LogP) is 7.67. The van der Waals surface area contributed by atoms with Crippen LogP contribution in [0.5, 0.6) is 0 Å². The van der Waals surface area contributed by atoms with Gasteiger partial charge in [0.05, 0.1) is 0 Å². The Morgan fingerprint density at radius 2 is 0.586 bits per heavy atom. The number of benzene rings is 1. The normalized spacial score (nSPS) is 7.14. The fourth-order valence-corrected chi connectivity index (χ4v) is 1.47. The van der Waals surface area contributed by atoms with Crippen LogP contribution < -0.4 is 0 Å². The van der Waals surface area contributed by atoms with Crippen molar-refractivity contribution in [1.82, 2.24) is 19.9 Å². The summed E-state index contributed by atoms with van der Waals surface area (Å²) in [5.74, 6) is 2.38. The number of nitrogens with zero attached hydrogens (tertiary/aromatic N) is 4. The average Bonchev–Trinajstić information content (AvgIpc) is 2.81. The molecule has 0 saturated carbocycles. The maximum Gasteiger partial charge on any atom is 0.129 e. The molecule has 0 spiro atoms. The molecule has 0 atom stereocenters. The van der Waals surface area contributed by atoms with Crippen molar-refractivity contribution < 1.29 is 0 Å². The zero-order valence-corrected chi connectivity index (χ0v) is 20.6. The maximum absolute atomic E-state index is 4.01. The van der Waals surface area contributed by atoms with Crippen LogP contribution in [0.1, 0.15) is 72.9 Å². The molecule has 0 aliphatic carbocycles. The maximum atomic E-state index is 4.01. The average molecular weight is 401 g/mol. The number of hydrogen-bond acceptors (Lipinski definition) is 4. The van der Waals surface area contributed by atoms with Crippen LogP contribution in [-0.2, 0) is 0 Å². The van der Waals surface area contributed by atoms with Gasteiger partial charge in [-0.2, -0.15) is 0 Å². The van der Waals surface area contributed by atoms with Crippen molar-refractivity contribution in [3.8, 4) is 0 Å². The Hall–Kier alpha value is -2.62. The van der Waals surface area contributed by atoms with Crippen LogP contribution in [0.3, 0.4) is 0 Å². The van der Waals surface area contributed by atoms with Crippen LogP contribution in [0.2, 0.25) is 0 Å². The van der Waals surface area contributed by atoms with Crippen LogP contribution in [0, 0.1) is 20.8 Å². The van der Waals surface area contributed by atoms with Gasteiger partial charge in [0, 0.05) is 12.4 Å². The second-order valence-electron chi connectivity index (χ2n) is 4.16. The topological polar surface area (TPSA) is 51.6 Å². The molecule has 1 aromatic carbocycles. The molecule has 164 valence electrons. The van der Waals surface area contributed by atoms with Crippen molar-refractivity contribution in [3.05, 3.63) is 84.5 Å². The van der Waals surface area contributed by atoms with E-state index in [1.54, 1.807) is 12.4 Å². The Balaban J connectivity index is -0.000000140. The van der Waals surface area contributed by atoms with Crippen LogP contribution in [0.25, 0.3) is 0 Å². The lowest BCUT2D eigenvalue weighted by Gasteiger charge is -1.94. The molecule has 3 aromatic rings. The molecule has 0 bridgehead atoms. The summed E-state index contributed by atoms with van der Waals surface area (Å²) in [6.45, 7) is 21.6. The molecule has 3 rings (SSSR count). The van der Waals surface area contributed by atoms with Crippen molar-refractivity contribution in [2.75, 3.05) is 0 Å². The van der Waals surface area contributed by atoms with Gasteiger partial charge in [-0.25, -0.2) is 15.0 Å². The molecule has 0 radical (unpaired) electrons. The van der Waals surface area contributed by atoms with Gasteiger partial charge in [-0.1, -0.05) is 97.9 Å². The standard InChI is InChI=1S/C6H9N3.C6H6.C5H5N.4C2H6/c1-4-7-5(2)9-6(3)8-4;2*1-2-4-6-5-3-1;4*1-2/h1-3H3;1-6H;1-5H;4*1-2H3. The third-order valence-corrected chi connectivity index (χ3v) is 2.20. The minimum Gasteiger partial charge on any atom is -0.265 e. The Morgan fingerprint density at radius 3 is 0.724 bits per heavy atom. The van der Waals surface area contributed by atoms with Gasteiger partial charge >= 0.3 is 0 Å². The first-order valence-corrected chi connectivity index (χ1v) is 10.7. The van der Waals surface area contributed by atoms with Crippen LogP contribution in [-0.4, -0.2) is 19.9 Å². The summed E-state index contributed by atoms with van der Waals surface area (Å²) in [6.07, 6.45) is 3.50. The third kappa shape index (κ3) is 30.4. The van der Waals surface area contributed by atoms with E-state index < -0.39 is 0 Å². The minimum atomic E-state index is 0.792. The molecule has 0 N–H and O–H groups in total. The Kier molecular flexibility index (Phi) is 38.6. The summed E-state index contributed by atoms with van der Waals surface area (Å²) in [6, 6.07) is 17.7. The monoisotopic (exact) mass is 400 g/mol. The van der Waals surface area contributed by atoms with E-state index >= 15 is 0 Å². The first-order chi connectivity index (χ1) is 14.2. The lowest BCUT2D eigenvalue weighted by atomic mass is 10.4. The molecule has 29 heavy (non-hydrogen) atoms. The molecule has 0 aliphatic rings. The first kappa shape index (κ1) is 33.9. The molecule has 4 nitrogen and oxygen atoms in total. The highest BCUT2D eigenvalue weighted by Crippen LogP contribution is 1.90. The molecule has 2 aromatic heterocycles. The minimum absolute atomic E-state index is 0.792. The summed E-state index contributed by atoms with van der Waals surface area (Å²) in [5, 5.41) is 0. The summed E-state index contributed by atoms with van der Waals surface area (Å²) < 4.78 is 0. The van der Waals surface area contributed by atoms with Gasteiger partial charge in [0.25, 0.3) is 0 Å². The predicted molar refractivity (Wildman–Crippen MR) is 130 cm³/mol. The van der Waals surface area contributed by atoms with Gasteiger partial charge < -0.3 is 0 Å². The highest BCUT2D eigenvalue weighted by molar-refractivity contribution is 4.99. The second-order valence-corrected chi connectivity index (χ2v) is 4.16. The lowest BCUT2D eigenvalue weighted by Crippen LogP contribution is -1.97. The van der Waals surface area contributed by atoms with E-state index in [0.29, 0.717) is 0 Å². The summed E-state index contributed by atoms with van der Waals surface area (Å²) in [4.78, 5) is 15.8.